The Hall–Kier alpha value is -1.70. The van der Waals surface area contributed by atoms with E-state index in [9.17, 15) is 4.79 Å². The lowest BCUT2D eigenvalue weighted by Gasteiger charge is -2.09. The fraction of sp³-hybridized carbons (Fsp3) is 0.111. The number of nitrogens with one attached hydrogen (secondary N) is 1. The summed E-state index contributed by atoms with van der Waals surface area (Å²) in [7, 11) is 1.66. The summed E-state index contributed by atoms with van der Waals surface area (Å²) in [6, 6.07) is 11.2. The van der Waals surface area contributed by atoms with Gasteiger partial charge in [0.15, 0.2) is 5.13 Å². The van der Waals surface area contributed by atoms with E-state index in [-0.39, 0.29) is 5.91 Å². The number of amides is 1. The van der Waals surface area contributed by atoms with Gasteiger partial charge in [0.1, 0.15) is 5.75 Å². The Bertz CT molecular complexity index is 983. The Labute approximate surface area is 165 Å². The molecular weight excluding hydrogens is 468 g/mol. The van der Waals surface area contributed by atoms with Gasteiger partial charge in [0.25, 0.3) is 5.91 Å². The van der Waals surface area contributed by atoms with Crippen LogP contribution in [0.2, 0.25) is 0 Å². The van der Waals surface area contributed by atoms with Crippen molar-refractivity contribution in [2.24, 2.45) is 0 Å². The van der Waals surface area contributed by atoms with Crippen molar-refractivity contribution >= 4 is 54.2 Å². The van der Waals surface area contributed by atoms with Crippen LogP contribution in [-0.4, -0.2) is 18.0 Å². The lowest BCUT2D eigenvalue weighted by Crippen LogP contribution is -2.11. The first-order valence-electron chi connectivity index (χ1n) is 7.49. The smallest absolute Gasteiger partial charge is 0.257 e. The van der Waals surface area contributed by atoms with Crippen LogP contribution >= 0.6 is 43.2 Å². The van der Waals surface area contributed by atoms with Gasteiger partial charge in [-0.15, -0.1) is 11.3 Å². The Balaban J connectivity index is 1.65. The number of thiazole rings is 1. The van der Waals surface area contributed by atoms with E-state index in [2.05, 4.69) is 42.2 Å². The fourth-order valence-electron chi connectivity index (χ4n) is 2.85. The molecule has 1 aromatic heterocycles. The monoisotopic (exact) mass is 478 g/mol. The molecule has 7 heteroatoms. The highest BCUT2D eigenvalue weighted by Crippen LogP contribution is 2.48. The highest BCUT2D eigenvalue weighted by Gasteiger charge is 2.29. The molecule has 1 amide bonds. The van der Waals surface area contributed by atoms with Crippen LogP contribution in [-0.2, 0) is 6.42 Å². The highest BCUT2D eigenvalue weighted by atomic mass is 79.9. The van der Waals surface area contributed by atoms with Crippen LogP contribution < -0.4 is 10.1 Å². The van der Waals surface area contributed by atoms with Crippen molar-refractivity contribution in [3.63, 3.8) is 0 Å². The van der Waals surface area contributed by atoms with Gasteiger partial charge in [0.05, 0.1) is 12.8 Å². The molecule has 0 fully saturated rings. The predicted molar refractivity (Wildman–Crippen MR) is 107 cm³/mol. The number of anilines is 1. The number of carbonyl (C=O) groups is 1. The summed E-state index contributed by atoms with van der Waals surface area (Å²) >= 11 is 8.47. The predicted octanol–water partition coefficient (Wildman–Crippen LogP) is 5.50. The van der Waals surface area contributed by atoms with Gasteiger partial charge in [-0.1, -0.05) is 31.9 Å². The van der Waals surface area contributed by atoms with Gasteiger partial charge in [-0.2, -0.15) is 0 Å². The molecule has 0 saturated heterocycles. The number of carbonyl (C=O) groups excluding carboxylic acids is 1. The lowest BCUT2D eigenvalue weighted by atomic mass is 10.1. The fourth-order valence-corrected chi connectivity index (χ4v) is 4.56. The Morgan fingerprint density at radius 1 is 1.20 bits per heavy atom. The molecule has 1 aliphatic rings. The van der Waals surface area contributed by atoms with Crippen molar-refractivity contribution in [2.45, 2.75) is 6.42 Å². The van der Waals surface area contributed by atoms with Crippen LogP contribution in [0.1, 0.15) is 20.8 Å². The zero-order valence-corrected chi connectivity index (χ0v) is 17.1. The van der Waals surface area contributed by atoms with Crippen molar-refractivity contribution in [3.05, 3.63) is 61.3 Å². The Morgan fingerprint density at radius 2 is 1.96 bits per heavy atom. The normalized spacial score (nSPS) is 11.8. The van der Waals surface area contributed by atoms with Crippen molar-refractivity contribution in [2.75, 3.05) is 12.4 Å². The minimum atomic E-state index is -0.165. The molecule has 1 aliphatic carbocycles. The maximum Gasteiger partial charge on any atom is 0.257 e. The Morgan fingerprint density at radius 3 is 2.68 bits per heavy atom. The maximum atomic E-state index is 12.4. The van der Waals surface area contributed by atoms with Gasteiger partial charge in [-0.3, -0.25) is 10.1 Å². The number of benzene rings is 2. The third kappa shape index (κ3) is 3.01. The molecule has 4 rings (SSSR count). The largest absolute Gasteiger partial charge is 0.496 e. The minimum absolute atomic E-state index is 0.165. The molecule has 0 unspecified atom stereocenters. The standard InChI is InChI=1S/C18H12Br2N2O2S/c1-24-13-7-6-12(20)11-8-14-16(15(11)13)21-18(25-14)22-17(23)9-2-4-10(19)5-3-9/h2-7H,8H2,1H3,(H,21,22,23). The topological polar surface area (TPSA) is 51.2 Å². The van der Waals surface area contributed by atoms with Crippen LogP contribution in [0, 0.1) is 0 Å². The zero-order chi connectivity index (χ0) is 17.6. The minimum Gasteiger partial charge on any atom is -0.496 e. The third-order valence-corrected chi connectivity index (χ3v) is 6.28. The average Bonchev–Trinajstić information content (AvgIpc) is 3.14. The quantitative estimate of drug-likeness (QED) is 0.422. The molecule has 0 saturated carbocycles. The third-order valence-electron chi connectivity index (χ3n) is 4.04. The van der Waals surface area contributed by atoms with E-state index < -0.39 is 0 Å². The van der Waals surface area contributed by atoms with Gasteiger partial charge in [-0.05, 0) is 42.0 Å². The average molecular weight is 480 g/mol. The number of aromatic nitrogens is 1. The summed E-state index contributed by atoms with van der Waals surface area (Å²) < 4.78 is 7.48. The molecular formula is C18H12Br2N2O2S. The molecule has 25 heavy (non-hydrogen) atoms. The van der Waals surface area contributed by atoms with E-state index in [4.69, 9.17) is 4.74 Å². The van der Waals surface area contributed by atoms with Gasteiger partial charge in [-0.25, -0.2) is 4.98 Å². The van der Waals surface area contributed by atoms with E-state index in [0.29, 0.717) is 10.7 Å². The first-order valence-corrected chi connectivity index (χ1v) is 9.89. The molecule has 126 valence electrons. The molecule has 0 radical (unpaired) electrons. The SMILES string of the molecule is COc1ccc(Br)c2c1-c1nc(NC(=O)c3ccc(Br)cc3)sc1C2. The van der Waals surface area contributed by atoms with Crippen LogP contribution in [0.15, 0.2) is 45.3 Å². The van der Waals surface area contributed by atoms with Crippen LogP contribution in [0.25, 0.3) is 11.3 Å². The maximum absolute atomic E-state index is 12.4. The van der Waals surface area contributed by atoms with Gasteiger partial charge < -0.3 is 4.74 Å². The molecule has 3 aromatic rings. The highest BCUT2D eigenvalue weighted by molar-refractivity contribution is 9.10. The molecule has 0 aliphatic heterocycles. The van der Waals surface area contributed by atoms with Gasteiger partial charge in [0, 0.05) is 31.4 Å². The van der Waals surface area contributed by atoms with Crippen molar-refractivity contribution < 1.29 is 9.53 Å². The van der Waals surface area contributed by atoms with E-state index in [1.807, 2.05) is 24.3 Å². The van der Waals surface area contributed by atoms with Crippen molar-refractivity contribution in [1.29, 1.82) is 0 Å². The number of methoxy groups -OCH3 is 1. The summed E-state index contributed by atoms with van der Waals surface area (Å²) in [5, 5.41) is 3.49. The first kappa shape index (κ1) is 16.8. The van der Waals surface area contributed by atoms with E-state index >= 15 is 0 Å². The van der Waals surface area contributed by atoms with Crippen molar-refractivity contribution in [1.82, 2.24) is 4.98 Å². The van der Waals surface area contributed by atoms with Crippen LogP contribution in [0.3, 0.4) is 0 Å². The number of hydrogen-bond acceptors (Lipinski definition) is 4. The van der Waals surface area contributed by atoms with E-state index in [0.717, 1.165) is 37.3 Å². The van der Waals surface area contributed by atoms with Crippen LogP contribution in [0.5, 0.6) is 5.75 Å². The number of nitrogens with zero attached hydrogens (tertiary/aromatic N) is 1. The second-order valence-corrected chi connectivity index (χ2v) is 8.39. The second kappa shape index (κ2) is 6.55. The molecule has 1 N–H and O–H groups in total. The second-order valence-electron chi connectivity index (χ2n) is 5.53. The molecule has 0 atom stereocenters. The summed E-state index contributed by atoms with van der Waals surface area (Å²) in [6.07, 6.45) is 0.786. The summed E-state index contributed by atoms with van der Waals surface area (Å²) in [5.74, 6) is 0.634. The molecule has 2 aromatic carbocycles. The zero-order valence-electron chi connectivity index (χ0n) is 13.1. The van der Waals surface area contributed by atoms with E-state index in [1.54, 1.807) is 19.2 Å². The molecule has 0 bridgehead atoms. The first-order chi connectivity index (χ1) is 12.1. The number of ether oxygens (including phenoxy) is 1. The van der Waals surface area contributed by atoms with Crippen LogP contribution in [0.4, 0.5) is 5.13 Å². The molecule has 4 nitrogen and oxygen atoms in total. The van der Waals surface area contributed by atoms with E-state index in [1.165, 1.54) is 16.9 Å². The number of fused-ring (bicyclic) bond motifs is 3. The van der Waals surface area contributed by atoms with Gasteiger partial charge in [0.2, 0.25) is 0 Å². The number of rotatable bonds is 3. The molecule has 1 heterocycles. The van der Waals surface area contributed by atoms with Gasteiger partial charge >= 0.3 is 0 Å². The summed E-state index contributed by atoms with van der Waals surface area (Å²) in [6.45, 7) is 0. The molecule has 0 spiro atoms. The number of hydrogen-bond donors (Lipinski definition) is 1. The summed E-state index contributed by atoms with van der Waals surface area (Å²) in [5.41, 5.74) is 3.68. The Kier molecular flexibility index (Phi) is 4.39. The summed E-state index contributed by atoms with van der Waals surface area (Å²) in [4.78, 5) is 18.2. The lowest BCUT2D eigenvalue weighted by molar-refractivity contribution is 0.102. The van der Waals surface area contributed by atoms with Crippen molar-refractivity contribution in [3.8, 4) is 17.0 Å². The number of halogens is 2.